The fraction of sp³-hybridized carbons (Fsp3) is 0.600. The van der Waals surface area contributed by atoms with E-state index in [-0.39, 0.29) is 12.0 Å². The van der Waals surface area contributed by atoms with Crippen LogP contribution in [0.1, 0.15) is 37.6 Å². The number of H-pyrrole nitrogens is 1. The predicted molar refractivity (Wildman–Crippen MR) is 109 cm³/mol. The average molecular weight is 429 g/mol. The number of ether oxygens (including phenoxy) is 1. The highest BCUT2D eigenvalue weighted by atomic mass is 16.6. The summed E-state index contributed by atoms with van der Waals surface area (Å²) in [4.78, 5) is 31.8. The Labute approximate surface area is 179 Å². The second-order valence-corrected chi connectivity index (χ2v) is 8.94. The van der Waals surface area contributed by atoms with Crippen LogP contribution in [0.4, 0.5) is 10.6 Å². The van der Waals surface area contributed by atoms with E-state index in [0.29, 0.717) is 38.3 Å². The van der Waals surface area contributed by atoms with Crippen molar-refractivity contribution in [3.63, 3.8) is 0 Å². The van der Waals surface area contributed by atoms with E-state index in [2.05, 4.69) is 30.5 Å². The number of nitrogens with one attached hydrogen (secondary N) is 1. The zero-order valence-corrected chi connectivity index (χ0v) is 17.9. The van der Waals surface area contributed by atoms with Crippen LogP contribution in [0.5, 0.6) is 0 Å². The number of carbonyl (C=O) groups is 2. The number of anilines is 1. The molecule has 0 bridgehead atoms. The number of carbonyl (C=O) groups excluding carboxylic acids is 1. The molecule has 2 aromatic heterocycles. The highest BCUT2D eigenvalue weighted by Gasteiger charge is 2.53. The number of aromatic amines is 1. The summed E-state index contributed by atoms with van der Waals surface area (Å²) in [5, 5.41) is 24.0. The molecule has 0 aliphatic carbocycles. The van der Waals surface area contributed by atoms with Crippen molar-refractivity contribution < 1.29 is 19.4 Å². The lowest BCUT2D eigenvalue weighted by molar-refractivity contribution is -0.143. The number of hydrogen-bond acceptors (Lipinski definition) is 8. The van der Waals surface area contributed by atoms with E-state index in [1.54, 1.807) is 18.1 Å². The molecule has 2 fully saturated rings. The highest BCUT2D eigenvalue weighted by molar-refractivity contribution is 5.72. The third kappa shape index (κ3) is 4.30. The molecule has 31 heavy (non-hydrogen) atoms. The van der Waals surface area contributed by atoms with Crippen LogP contribution in [-0.4, -0.2) is 80.0 Å². The van der Waals surface area contributed by atoms with Crippen LogP contribution in [0.25, 0.3) is 0 Å². The molecule has 0 aromatic carbocycles. The maximum atomic E-state index is 12.0. The number of nitrogens with zero attached hydrogens (tertiary/aromatic N) is 6. The lowest BCUT2D eigenvalue weighted by Crippen LogP contribution is -2.64. The van der Waals surface area contributed by atoms with Gasteiger partial charge in [-0.15, -0.1) is 10.2 Å². The van der Waals surface area contributed by atoms with E-state index < -0.39 is 23.4 Å². The van der Waals surface area contributed by atoms with Gasteiger partial charge in [0, 0.05) is 19.2 Å². The fourth-order valence-electron chi connectivity index (χ4n) is 4.43. The molecule has 0 radical (unpaired) electrons. The van der Waals surface area contributed by atoms with Crippen molar-refractivity contribution >= 4 is 17.9 Å². The maximum Gasteiger partial charge on any atom is 0.410 e. The van der Waals surface area contributed by atoms with E-state index in [4.69, 9.17) is 4.74 Å². The average Bonchev–Trinajstić information content (AvgIpc) is 3.32. The number of amides is 1. The Morgan fingerprint density at radius 1 is 1.32 bits per heavy atom. The van der Waals surface area contributed by atoms with Crippen LogP contribution in [0, 0.1) is 11.8 Å². The van der Waals surface area contributed by atoms with Gasteiger partial charge in [0.25, 0.3) is 0 Å². The van der Waals surface area contributed by atoms with Crippen molar-refractivity contribution in [1.82, 2.24) is 30.5 Å². The number of hydrogen-bond donors (Lipinski definition) is 2. The number of likely N-dealkylation sites (N-methyl/N-ethyl adjacent to an activating group) is 1. The third-order valence-corrected chi connectivity index (χ3v) is 5.91. The van der Waals surface area contributed by atoms with Gasteiger partial charge in [-0.25, -0.2) is 9.78 Å². The molecular weight excluding hydrogens is 402 g/mol. The SMILES string of the molecule is CC(C)CC(C(=O)O)C(Cc1ccc(N2CC3(CN(C)C(=O)O3)C2)nc1)c1nn[nH]n1. The number of rotatable bonds is 8. The van der Waals surface area contributed by atoms with Gasteiger partial charge >= 0.3 is 12.1 Å². The summed E-state index contributed by atoms with van der Waals surface area (Å²) in [5.74, 6) is -0.482. The first kappa shape index (κ1) is 21.0. The summed E-state index contributed by atoms with van der Waals surface area (Å²) >= 11 is 0. The molecule has 2 aliphatic heterocycles. The second-order valence-electron chi connectivity index (χ2n) is 8.94. The van der Waals surface area contributed by atoms with Crippen LogP contribution in [0.2, 0.25) is 0 Å². The molecule has 2 N–H and O–H groups in total. The molecule has 4 heterocycles. The molecule has 2 saturated heterocycles. The van der Waals surface area contributed by atoms with Crippen molar-refractivity contribution in [1.29, 1.82) is 0 Å². The van der Waals surface area contributed by atoms with Crippen LogP contribution >= 0.6 is 0 Å². The summed E-state index contributed by atoms with van der Waals surface area (Å²) in [6.45, 7) is 5.80. The lowest BCUT2D eigenvalue weighted by Gasteiger charge is -2.46. The van der Waals surface area contributed by atoms with Gasteiger partial charge in [0.1, 0.15) is 5.82 Å². The number of tetrazole rings is 1. The second kappa shape index (κ2) is 8.12. The van der Waals surface area contributed by atoms with Gasteiger partial charge in [-0.3, -0.25) is 4.79 Å². The number of aliphatic carboxylic acids is 1. The number of carboxylic acids is 1. The Morgan fingerprint density at radius 2 is 2.10 bits per heavy atom. The van der Waals surface area contributed by atoms with E-state index >= 15 is 0 Å². The quantitative estimate of drug-likeness (QED) is 0.636. The summed E-state index contributed by atoms with van der Waals surface area (Å²) in [6.07, 6.45) is 2.44. The van der Waals surface area contributed by atoms with Crippen molar-refractivity contribution in [3.8, 4) is 0 Å². The van der Waals surface area contributed by atoms with E-state index in [1.807, 2.05) is 26.0 Å². The minimum Gasteiger partial charge on any atom is -0.481 e. The number of aromatic nitrogens is 5. The molecule has 2 aromatic rings. The molecule has 11 nitrogen and oxygen atoms in total. The lowest BCUT2D eigenvalue weighted by atomic mass is 9.81. The van der Waals surface area contributed by atoms with E-state index in [9.17, 15) is 14.7 Å². The molecular formula is C20H27N7O4. The first-order valence-electron chi connectivity index (χ1n) is 10.4. The molecule has 2 atom stereocenters. The Morgan fingerprint density at radius 3 is 2.61 bits per heavy atom. The smallest absolute Gasteiger partial charge is 0.410 e. The minimum atomic E-state index is -0.866. The van der Waals surface area contributed by atoms with Gasteiger partial charge in [-0.2, -0.15) is 5.21 Å². The molecule has 1 amide bonds. The van der Waals surface area contributed by atoms with Gasteiger partial charge in [0.15, 0.2) is 11.4 Å². The van der Waals surface area contributed by atoms with Gasteiger partial charge < -0.3 is 19.6 Å². The largest absolute Gasteiger partial charge is 0.481 e. The zero-order valence-electron chi connectivity index (χ0n) is 17.9. The Hall–Kier alpha value is -3.24. The molecule has 166 valence electrons. The normalized spacial score (nSPS) is 19.4. The minimum absolute atomic E-state index is 0.221. The van der Waals surface area contributed by atoms with Gasteiger partial charge in [-0.1, -0.05) is 25.1 Å². The van der Waals surface area contributed by atoms with Crippen LogP contribution in [0.15, 0.2) is 18.3 Å². The zero-order chi connectivity index (χ0) is 22.2. The molecule has 4 rings (SSSR count). The summed E-state index contributed by atoms with van der Waals surface area (Å²) < 4.78 is 5.49. The Bertz CT molecular complexity index is 926. The van der Waals surface area contributed by atoms with Gasteiger partial charge in [0.2, 0.25) is 0 Å². The predicted octanol–water partition coefficient (Wildman–Crippen LogP) is 1.31. The highest BCUT2D eigenvalue weighted by Crippen LogP contribution is 2.35. The molecule has 2 unspecified atom stereocenters. The molecule has 0 saturated carbocycles. The Balaban J connectivity index is 1.45. The van der Waals surface area contributed by atoms with Crippen molar-refractivity contribution in [2.45, 2.75) is 38.2 Å². The first-order chi connectivity index (χ1) is 14.8. The van der Waals surface area contributed by atoms with Crippen molar-refractivity contribution in [2.75, 3.05) is 31.6 Å². The van der Waals surface area contributed by atoms with Gasteiger partial charge in [0.05, 0.1) is 25.6 Å². The summed E-state index contributed by atoms with van der Waals surface area (Å²) in [6, 6.07) is 3.86. The first-order valence-corrected chi connectivity index (χ1v) is 10.4. The third-order valence-electron chi connectivity index (χ3n) is 5.91. The van der Waals surface area contributed by atoms with E-state index in [0.717, 1.165) is 11.4 Å². The monoisotopic (exact) mass is 429 g/mol. The van der Waals surface area contributed by atoms with Crippen molar-refractivity contribution in [3.05, 3.63) is 29.7 Å². The van der Waals surface area contributed by atoms with Crippen LogP contribution in [-0.2, 0) is 16.0 Å². The summed E-state index contributed by atoms with van der Waals surface area (Å²) in [5.41, 5.74) is 0.456. The Kier molecular flexibility index (Phi) is 5.50. The summed E-state index contributed by atoms with van der Waals surface area (Å²) in [7, 11) is 1.73. The maximum absolute atomic E-state index is 12.0. The standard InChI is InChI=1S/C20H27N7O4/c1-12(2)6-15(18(28)29)14(17-22-24-25-23-17)7-13-4-5-16(21-8-13)27-10-20(11-27)9-26(3)19(30)31-20/h4-5,8,12,14-15H,6-7,9-11H2,1-3H3,(H,28,29)(H,22,23,24,25). The molecule has 2 aliphatic rings. The topological polar surface area (TPSA) is 137 Å². The van der Waals surface area contributed by atoms with Gasteiger partial charge in [-0.05, 0) is 30.4 Å². The molecule has 11 heteroatoms. The van der Waals surface area contributed by atoms with Crippen LogP contribution in [0.3, 0.4) is 0 Å². The van der Waals surface area contributed by atoms with Crippen LogP contribution < -0.4 is 4.90 Å². The van der Waals surface area contributed by atoms with Crippen molar-refractivity contribution in [2.24, 2.45) is 11.8 Å². The van der Waals surface area contributed by atoms with E-state index in [1.165, 1.54) is 0 Å². The number of pyridine rings is 1. The number of carboxylic acid groups (broad SMARTS) is 1. The molecule has 1 spiro atoms. The fourth-order valence-corrected chi connectivity index (χ4v) is 4.43.